The van der Waals surface area contributed by atoms with Crippen LogP contribution in [0.4, 0.5) is 5.69 Å². The lowest BCUT2D eigenvalue weighted by atomic mass is 10.1. The molecular formula is C23H28Cl3N3O4S. The molecule has 2 aromatic carbocycles. The van der Waals surface area contributed by atoms with E-state index in [1.165, 1.54) is 17.0 Å². The molecule has 2 rings (SSSR count). The largest absolute Gasteiger partial charge is 0.352 e. The molecule has 34 heavy (non-hydrogen) atoms. The SMILES string of the molecule is CC[C@H](C(=O)NC(C)C)N(Cc1ccccc1)C(=O)CN(c1cc(Cl)c(Cl)cc1Cl)S(C)(=O)=O. The third-order valence-electron chi connectivity index (χ3n) is 4.95. The summed E-state index contributed by atoms with van der Waals surface area (Å²) in [5, 5.41) is 3.09. The summed E-state index contributed by atoms with van der Waals surface area (Å²) in [7, 11) is -3.94. The fraction of sp³-hybridized carbons (Fsp3) is 0.391. The highest BCUT2D eigenvalue weighted by Gasteiger charge is 2.32. The Bertz CT molecular complexity index is 1130. The van der Waals surface area contributed by atoms with Crippen LogP contribution in [0.25, 0.3) is 0 Å². The normalized spacial score (nSPS) is 12.4. The van der Waals surface area contributed by atoms with E-state index in [2.05, 4.69) is 5.32 Å². The zero-order valence-electron chi connectivity index (χ0n) is 19.4. The number of anilines is 1. The first-order valence-corrected chi connectivity index (χ1v) is 13.6. The Balaban J connectivity index is 2.49. The van der Waals surface area contributed by atoms with Crippen molar-refractivity contribution in [2.24, 2.45) is 0 Å². The van der Waals surface area contributed by atoms with Gasteiger partial charge < -0.3 is 10.2 Å². The Morgan fingerprint density at radius 2 is 1.59 bits per heavy atom. The molecule has 186 valence electrons. The number of benzene rings is 2. The molecule has 0 bridgehead atoms. The zero-order chi connectivity index (χ0) is 25.6. The smallest absolute Gasteiger partial charge is 0.244 e. The molecule has 0 aromatic heterocycles. The van der Waals surface area contributed by atoms with Crippen LogP contribution in [0.15, 0.2) is 42.5 Å². The Morgan fingerprint density at radius 1 is 1.00 bits per heavy atom. The summed E-state index contributed by atoms with van der Waals surface area (Å²) in [4.78, 5) is 27.9. The van der Waals surface area contributed by atoms with E-state index in [-0.39, 0.29) is 39.2 Å². The molecule has 0 saturated heterocycles. The van der Waals surface area contributed by atoms with Gasteiger partial charge >= 0.3 is 0 Å². The summed E-state index contributed by atoms with van der Waals surface area (Å²) in [6.45, 7) is 4.99. The highest BCUT2D eigenvalue weighted by Crippen LogP contribution is 2.35. The molecule has 11 heteroatoms. The Hall–Kier alpha value is -2.00. The molecule has 2 aromatic rings. The van der Waals surface area contributed by atoms with Gasteiger partial charge in [-0.25, -0.2) is 8.42 Å². The van der Waals surface area contributed by atoms with Gasteiger partial charge in [0.15, 0.2) is 0 Å². The van der Waals surface area contributed by atoms with E-state index in [1.54, 1.807) is 6.92 Å². The van der Waals surface area contributed by atoms with Gasteiger partial charge in [-0.2, -0.15) is 0 Å². The summed E-state index contributed by atoms with van der Waals surface area (Å²) < 4.78 is 26.2. The Morgan fingerprint density at radius 3 is 2.12 bits per heavy atom. The molecule has 0 aliphatic heterocycles. The van der Waals surface area contributed by atoms with Crippen LogP contribution >= 0.6 is 34.8 Å². The second kappa shape index (κ2) is 12.1. The Labute approximate surface area is 216 Å². The van der Waals surface area contributed by atoms with Gasteiger partial charge in [0.25, 0.3) is 0 Å². The van der Waals surface area contributed by atoms with Crippen LogP contribution in [0.5, 0.6) is 0 Å². The van der Waals surface area contributed by atoms with Crippen molar-refractivity contribution in [1.29, 1.82) is 0 Å². The minimum Gasteiger partial charge on any atom is -0.352 e. The number of hydrogen-bond acceptors (Lipinski definition) is 4. The van der Waals surface area contributed by atoms with Crippen molar-refractivity contribution in [2.75, 3.05) is 17.1 Å². The maximum absolute atomic E-state index is 13.6. The third-order valence-corrected chi connectivity index (χ3v) is 7.10. The van der Waals surface area contributed by atoms with Crippen molar-refractivity contribution in [1.82, 2.24) is 10.2 Å². The van der Waals surface area contributed by atoms with Crippen LogP contribution < -0.4 is 9.62 Å². The van der Waals surface area contributed by atoms with Crippen molar-refractivity contribution in [3.05, 3.63) is 63.1 Å². The van der Waals surface area contributed by atoms with Crippen LogP contribution in [0.1, 0.15) is 32.8 Å². The highest BCUT2D eigenvalue weighted by atomic mass is 35.5. The number of rotatable bonds is 10. The maximum Gasteiger partial charge on any atom is 0.244 e. The molecule has 2 amide bonds. The van der Waals surface area contributed by atoms with Gasteiger partial charge in [-0.15, -0.1) is 0 Å². The van der Waals surface area contributed by atoms with Crippen LogP contribution in [-0.4, -0.2) is 50.0 Å². The number of amides is 2. The van der Waals surface area contributed by atoms with Gasteiger partial charge in [0.05, 0.1) is 27.0 Å². The van der Waals surface area contributed by atoms with Gasteiger partial charge in [-0.05, 0) is 38.0 Å². The standard InChI is InChI=1S/C23H28Cl3N3O4S/c1-5-20(23(31)27-15(2)3)28(13-16-9-7-6-8-10-16)22(30)14-29(34(4,32)33)21-12-18(25)17(24)11-19(21)26/h6-12,15,20H,5,13-14H2,1-4H3,(H,27,31)/t20-/m1/s1. The van der Waals surface area contributed by atoms with E-state index in [4.69, 9.17) is 34.8 Å². The van der Waals surface area contributed by atoms with Gasteiger partial charge in [-0.3, -0.25) is 13.9 Å². The molecular weight excluding hydrogens is 521 g/mol. The fourth-order valence-corrected chi connectivity index (χ4v) is 4.92. The predicted octanol–water partition coefficient (Wildman–Crippen LogP) is 4.74. The lowest BCUT2D eigenvalue weighted by molar-refractivity contribution is -0.140. The minimum absolute atomic E-state index is 0.0197. The molecule has 0 aliphatic carbocycles. The molecule has 7 nitrogen and oxygen atoms in total. The second-order valence-corrected chi connectivity index (χ2v) is 11.2. The number of carbonyl (C=O) groups excluding carboxylic acids is 2. The molecule has 0 saturated carbocycles. The summed E-state index contributed by atoms with van der Waals surface area (Å²) in [6, 6.07) is 10.8. The summed E-state index contributed by atoms with van der Waals surface area (Å²) >= 11 is 18.3. The van der Waals surface area contributed by atoms with Gasteiger partial charge in [0, 0.05) is 12.6 Å². The van der Waals surface area contributed by atoms with Crippen molar-refractivity contribution in [3.8, 4) is 0 Å². The number of nitrogens with zero attached hydrogens (tertiary/aromatic N) is 2. The first-order valence-electron chi connectivity index (χ1n) is 10.6. The molecule has 0 radical (unpaired) electrons. The molecule has 1 atom stereocenters. The molecule has 0 fully saturated rings. The summed E-state index contributed by atoms with van der Waals surface area (Å²) in [6.07, 6.45) is 1.30. The van der Waals surface area contributed by atoms with Crippen LogP contribution in [0, 0.1) is 0 Å². The van der Waals surface area contributed by atoms with Gasteiger partial charge in [0.1, 0.15) is 12.6 Å². The molecule has 0 aliphatic rings. The third kappa shape index (κ3) is 7.50. The lowest BCUT2D eigenvalue weighted by Gasteiger charge is -2.33. The summed E-state index contributed by atoms with van der Waals surface area (Å²) in [5.74, 6) is -0.887. The average molecular weight is 549 g/mol. The van der Waals surface area contributed by atoms with Crippen molar-refractivity contribution in [3.63, 3.8) is 0 Å². The summed E-state index contributed by atoms with van der Waals surface area (Å²) in [5.41, 5.74) is 0.816. The topological polar surface area (TPSA) is 86.8 Å². The van der Waals surface area contributed by atoms with Gasteiger partial charge in [-0.1, -0.05) is 72.1 Å². The first kappa shape index (κ1) is 28.2. The zero-order valence-corrected chi connectivity index (χ0v) is 22.5. The highest BCUT2D eigenvalue weighted by molar-refractivity contribution is 7.92. The molecule has 0 unspecified atom stereocenters. The molecule has 1 N–H and O–H groups in total. The van der Waals surface area contributed by atoms with E-state index in [0.29, 0.717) is 6.42 Å². The predicted molar refractivity (Wildman–Crippen MR) is 138 cm³/mol. The van der Waals surface area contributed by atoms with Crippen LogP contribution in [-0.2, 0) is 26.2 Å². The average Bonchev–Trinajstić information content (AvgIpc) is 2.74. The molecule has 0 heterocycles. The first-order chi connectivity index (χ1) is 15.8. The quantitative estimate of drug-likeness (QED) is 0.434. The Kier molecular flexibility index (Phi) is 10.1. The maximum atomic E-state index is 13.6. The van der Waals surface area contributed by atoms with E-state index in [1.807, 2.05) is 44.2 Å². The monoisotopic (exact) mass is 547 g/mol. The van der Waals surface area contributed by atoms with E-state index in [9.17, 15) is 18.0 Å². The van der Waals surface area contributed by atoms with E-state index >= 15 is 0 Å². The minimum atomic E-state index is -3.94. The number of carbonyl (C=O) groups is 2. The van der Waals surface area contributed by atoms with E-state index < -0.39 is 28.5 Å². The van der Waals surface area contributed by atoms with Gasteiger partial charge in [0.2, 0.25) is 21.8 Å². The second-order valence-electron chi connectivity index (χ2n) is 8.08. The van der Waals surface area contributed by atoms with E-state index in [0.717, 1.165) is 16.1 Å². The molecule has 0 spiro atoms. The van der Waals surface area contributed by atoms with Crippen molar-refractivity contribution < 1.29 is 18.0 Å². The lowest BCUT2D eigenvalue weighted by Crippen LogP contribution is -2.53. The van der Waals surface area contributed by atoms with Crippen LogP contribution in [0.3, 0.4) is 0 Å². The van der Waals surface area contributed by atoms with Crippen molar-refractivity contribution >= 4 is 62.3 Å². The number of hydrogen-bond donors (Lipinski definition) is 1. The fourth-order valence-electron chi connectivity index (χ4n) is 3.38. The van der Waals surface area contributed by atoms with Crippen molar-refractivity contribution in [2.45, 2.75) is 45.8 Å². The number of nitrogens with one attached hydrogen (secondary N) is 1. The number of halogens is 3. The number of sulfonamides is 1. The van der Waals surface area contributed by atoms with Crippen LogP contribution in [0.2, 0.25) is 15.1 Å².